The molecule has 1 heterocycles. The molecule has 0 aliphatic heterocycles. The Labute approximate surface area is 91.7 Å². The van der Waals surface area contributed by atoms with E-state index in [9.17, 15) is 9.59 Å². The highest BCUT2D eigenvalue weighted by molar-refractivity contribution is 7.07. The van der Waals surface area contributed by atoms with Crippen LogP contribution in [0.15, 0.2) is 10.2 Å². The van der Waals surface area contributed by atoms with E-state index in [0.717, 1.165) is 29.9 Å². The largest absolute Gasteiger partial charge is 0.351 e. The van der Waals surface area contributed by atoms with Gasteiger partial charge in [-0.05, 0) is 19.4 Å². The minimum Gasteiger partial charge on any atom is -0.351 e. The predicted molar refractivity (Wildman–Crippen MR) is 59.7 cm³/mol. The third kappa shape index (κ3) is 4.75. The second-order valence-electron chi connectivity index (χ2n) is 3.20. The van der Waals surface area contributed by atoms with Crippen molar-refractivity contribution in [2.75, 3.05) is 6.54 Å². The lowest BCUT2D eigenvalue weighted by atomic mass is 10.2. The standard InChI is InChI=1S/C9H15N3O2S/c10-4-2-1-3-8(13)11-5-7-6-15-9(14)12-7/h6H,1-5,10H2,(H,11,13)(H,12,14). The molecule has 0 radical (unpaired) electrons. The summed E-state index contributed by atoms with van der Waals surface area (Å²) < 4.78 is 0. The van der Waals surface area contributed by atoms with Gasteiger partial charge in [0.15, 0.2) is 0 Å². The average Bonchev–Trinajstić information content (AvgIpc) is 2.62. The van der Waals surface area contributed by atoms with E-state index in [2.05, 4.69) is 10.3 Å². The lowest BCUT2D eigenvalue weighted by molar-refractivity contribution is -0.121. The zero-order valence-corrected chi connectivity index (χ0v) is 9.23. The van der Waals surface area contributed by atoms with Gasteiger partial charge in [-0.1, -0.05) is 11.3 Å². The molecule has 0 aromatic carbocycles. The quantitative estimate of drug-likeness (QED) is 0.608. The van der Waals surface area contributed by atoms with Crippen LogP contribution >= 0.6 is 11.3 Å². The second-order valence-corrected chi connectivity index (χ2v) is 4.04. The van der Waals surface area contributed by atoms with Crippen LogP contribution in [-0.2, 0) is 11.3 Å². The first-order valence-electron chi connectivity index (χ1n) is 4.86. The number of thiazole rings is 1. The van der Waals surface area contributed by atoms with Gasteiger partial charge in [-0.2, -0.15) is 0 Å². The third-order valence-electron chi connectivity index (χ3n) is 1.90. The van der Waals surface area contributed by atoms with Crippen LogP contribution in [0.2, 0.25) is 0 Å². The number of carbonyl (C=O) groups is 1. The van der Waals surface area contributed by atoms with Crippen LogP contribution in [0.4, 0.5) is 0 Å². The summed E-state index contributed by atoms with van der Waals surface area (Å²) in [7, 11) is 0. The Bertz CT molecular complexity index is 358. The van der Waals surface area contributed by atoms with E-state index in [0.29, 0.717) is 19.5 Å². The van der Waals surface area contributed by atoms with Crippen molar-refractivity contribution in [2.45, 2.75) is 25.8 Å². The predicted octanol–water partition coefficient (Wildman–Crippen LogP) is 0.182. The molecular formula is C9H15N3O2S. The number of H-pyrrole nitrogens is 1. The molecule has 0 saturated carbocycles. The first-order valence-corrected chi connectivity index (χ1v) is 5.74. The normalized spacial score (nSPS) is 10.2. The number of amides is 1. The van der Waals surface area contributed by atoms with Crippen LogP contribution in [0.1, 0.15) is 25.0 Å². The number of carbonyl (C=O) groups excluding carboxylic acids is 1. The maximum atomic E-state index is 11.3. The number of nitrogens with two attached hydrogens (primary N) is 1. The van der Waals surface area contributed by atoms with Crippen LogP contribution in [0, 0.1) is 0 Å². The molecule has 5 nitrogen and oxygen atoms in total. The maximum Gasteiger partial charge on any atom is 0.304 e. The lowest BCUT2D eigenvalue weighted by Crippen LogP contribution is -2.23. The SMILES string of the molecule is NCCCCC(=O)NCc1csc(=O)[nH]1. The van der Waals surface area contributed by atoms with Gasteiger partial charge in [0.25, 0.3) is 0 Å². The number of aromatic nitrogens is 1. The first-order chi connectivity index (χ1) is 7.22. The van der Waals surface area contributed by atoms with Gasteiger partial charge in [-0.25, -0.2) is 0 Å². The molecule has 4 N–H and O–H groups in total. The zero-order valence-electron chi connectivity index (χ0n) is 8.41. The van der Waals surface area contributed by atoms with Crippen molar-refractivity contribution in [2.24, 2.45) is 5.73 Å². The summed E-state index contributed by atoms with van der Waals surface area (Å²) in [6, 6.07) is 0. The first kappa shape index (κ1) is 11.9. The van der Waals surface area contributed by atoms with E-state index in [1.807, 2.05) is 0 Å². The van der Waals surface area contributed by atoms with Gasteiger partial charge in [-0.3, -0.25) is 9.59 Å². The van der Waals surface area contributed by atoms with E-state index in [1.54, 1.807) is 5.38 Å². The number of hydrogen-bond donors (Lipinski definition) is 3. The summed E-state index contributed by atoms with van der Waals surface area (Å²) in [5.74, 6) is -0.00417. The lowest BCUT2D eigenvalue weighted by Gasteiger charge is -2.02. The number of hydrogen-bond acceptors (Lipinski definition) is 4. The van der Waals surface area contributed by atoms with E-state index in [1.165, 1.54) is 0 Å². The smallest absolute Gasteiger partial charge is 0.304 e. The van der Waals surface area contributed by atoms with Crippen LogP contribution in [0.25, 0.3) is 0 Å². The van der Waals surface area contributed by atoms with Crippen LogP contribution in [0.5, 0.6) is 0 Å². The molecule has 0 unspecified atom stereocenters. The Hall–Kier alpha value is -1.14. The van der Waals surface area contributed by atoms with Crippen LogP contribution in [-0.4, -0.2) is 17.4 Å². The van der Waals surface area contributed by atoms with E-state index >= 15 is 0 Å². The molecule has 1 aromatic rings. The fourth-order valence-electron chi connectivity index (χ4n) is 1.11. The van der Waals surface area contributed by atoms with E-state index in [-0.39, 0.29) is 10.8 Å². The Morgan fingerprint density at radius 1 is 1.53 bits per heavy atom. The Balaban J connectivity index is 2.19. The zero-order chi connectivity index (χ0) is 11.1. The molecule has 1 aromatic heterocycles. The molecule has 1 amide bonds. The monoisotopic (exact) mass is 229 g/mol. The highest BCUT2D eigenvalue weighted by atomic mass is 32.1. The summed E-state index contributed by atoms with van der Waals surface area (Å²) in [4.78, 5) is 24.6. The van der Waals surface area contributed by atoms with Gasteiger partial charge in [0.2, 0.25) is 5.91 Å². The highest BCUT2D eigenvalue weighted by Gasteiger charge is 2.01. The summed E-state index contributed by atoms with van der Waals surface area (Å²) in [5, 5.41) is 4.44. The van der Waals surface area contributed by atoms with Gasteiger partial charge in [0.1, 0.15) is 0 Å². The van der Waals surface area contributed by atoms with Gasteiger partial charge < -0.3 is 16.0 Å². The molecule has 0 aliphatic rings. The van der Waals surface area contributed by atoms with E-state index < -0.39 is 0 Å². The fraction of sp³-hybridized carbons (Fsp3) is 0.556. The van der Waals surface area contributed by atoms with Crippen molar-refractivity contribution in [1.29, 1.82) is 0 Å². The molecule has 84 valence electrons. The molecule has 6 heteroatoms. The summed E-state index contributed by atoms with van der Waals surface area (Å²) in [6.07, 6.45) is 2.16. The fourth-order valence-corrected chi connectivity index (χ4v) is 1.69. The van der Waals surface area contributed by atoms with E-state index in [4.69, 9.17) is 5.73 Å². The molecule has 0 saturated heterocycles. The summed E-state index contributed by atoms with van der Waals surface area (Å²) in [5.41, 5.74) is 6.06. The van der Waals surface area contributed by atoms with Gasteiger partial charge in [-0.15, -0.1) is 0 Å². The molecule has 0 bridgehead atoms. The number of rotatable bonds is 6. The van der Waals surface area contributed by atoms with Crippen molar-refractivity contribution in [1.82, 2.24) is 10.3 Å². The Kier molecular flexibility index (Phi) is 5.06. The minimum absolute atomic E-state index is 0.00417. The van der Waals surface area contributed by atoms with Crippen LogP contribution in [0.3, 0.4) is 0 Å². The van der Waals surface area contributed by atoms with Crippen molar-refractivity contribution < 1.29 is 4.79 Å². The molecule has 15 heavy (non-hydrogen) atoms. The van der Waals surface area contributed by atoms with Crippen molar-refractivity contribution >= 4 is 17.2 Å². The van der Waals surface area contributed by atoms with Gasteiger partial charge in [0, 0.05) is 17.5 Å². The summed E-state index contributed by atoms with van der Waals surface area (Å²) in [6.45, 7) is 1.01. The topological polar surface area (TPSA) is 88.0 Å². The molecular weight excluding hydrogens is 214 g/mol. The van der Waals surface area contributed by atoms with Gasteiger partial charge in [0.05, 0.1) is 6.54 Å². The molecule has 0 fully saturated rings. The van der Waals surface area contributed by atoms with Crippen LogP contribution < -0.4 is 15.9 Å². The Morgan fingerprint density at radius 3 is 2.93 bits per heavy atom. The summed E-state index contributed by atoms with van der Waals surface area (Å²) >= 11 is 1.10. The molecule has 0 aliphatic carbocycles. The van der Waals surface area contributed by atoms with Crippen molar-refractivity contribution in [3.63, 3.8) is 0 Å². The molecule has 0 spiro atoms. The number of unbranched alkanes of at least 4 members (excludes halogenated alkanes) is 1. The second kappa shape index (κ2) is 6.36. The molecule has 0 atom stereocenters. The van der Waals surface area contributed by atoms with Gasteiger partial charge >= 0.3 is 4.87 Å². The Morgan fingerprint density at radius 2 is 2.33 bits per heavy atom. The number of nitrogens with one attached hydrogen (secondary N) is 2. The van der Waals surface area contributed by atoms with Crippen molar-refractivity contribution in [3.8, 4) is 0 Å². The maximum absolute atomic E-state index is 11.3. The average molecular weight is 229 g/mol. The highest BCUT2D eigenvalue weighted by Crippen LogP contribution is 1.97. The number of aromatic amines is 1. The third-order valence-corrected chi connectivity index (χ3v) is 2.62. The minimum atomic E-state index is -0.0950. The molecule has 1 rings (SSSR count). The van der Waals surface area contributed by atoms with Crippen molar-refractivity contribution in [3.05, 3.63) is 20.7 Å².